The first-order valence-electron chi connectivity index (χ1n) is 10.7. The largest absolute Gasteiger partial charge is 0.490 e. The number of carbonyl (C=O) groups excluding carboxylic acids is 1. The van der Waals surface area contributed by atoms with Crippen LogP contribution < -0.4 is 9.47 Å². The molecule has 0 radical (unpaired) electrons. The molecular weight excluding hydrogens is 460 g/mol. The molecule has 0 unspecified atom stereocenters. The Labute approximate surface area is 202 Å². The zero-order valence-electron chi connectivity index (χ0n) is 18.7. The second-order valence-corrected chi connectivity index (χ2v) is 8.63. The number of hydrogen-bond donors (Lipinski definition) is 0. The zero-order valence-corrected chi connectivity index (χ0v) is 20.3. The molecule has 2 aliphatic rings. The van der Waals surface area contributed by atoms with Gasteiger partial charge in [0.25, 0.3) is 0 Å². The van der Waals surface area contributed by atoms with Crippen LogP contribution in [0.3, 0.4) is 0 Å². The normalized spacial score (nSPS) is 17.0. The third-order valence-electron chi connectivity index (χ3n) is 5.24. The number of nitrogens with zero attached hydrogens (tertiary/aromatic N) is 2. The smallest absolute Gasteiger partial charge is 0.338 e. The monoisotopic (exact) mass is 484 g/mol. The molecule has 4 rings (SSSR count). The van der Waals surface area contributed by atoms with Crippen molar-refractivity contribution in [2.75, 3.05) is 13.2 Å². The molecule has 0 amide bonds. The maximum atomic E-state index is 12.9. The van der Waals surface area contributed by atoms with Crippen molar-refractivity contribution in [3.05, 3.63) is 81.5 Å². The van der Waals surface area contributed by atoms with Crippen molar-refractivity contribution in [3.63, 3.8) is 0 Å². The summed E-state index contributed by atoms with van der Waals surface area (Å²) in [5, 5.41) is 3.43. The maximum absolute atomic E-state index is 12.9. The summed E-state index contributed by atoms with van der Waals surface area (Å²) in [5.41, 5.74) is 2.93. The van der Waals surface area contributed by atoms with Crippen molar-refractivity contribution in [1.29, 1.82) is 0 Å². The Kier molecular flexibility index (Phi) is 7.30. The van der Waals surface area contributed by atoms with Gasteiger partial charge in [-0.3, -0.25) is 0 Å². The van der Waals surface area contributed by atoms with Gasteiger partial charge in [0, 0.05) is 16.8 Å². The van der Waals surface area contributed by atoms with Crippen molar-refractivity contribution in [2.24, 2.45) is 4.99 Å². The van der Waals surface area contributed by atoms with E-state index in [4.69, 9.17) is 25.8 Å². The molecule has 6 nitrogen and oxygen atoms in total. The predicted octanol–water partition coefficient (Wildman–Crippen LogP) is 6.09. The van der Waals surface area contributed by atoms with Crippen LogP contribution in [0, 0.1) is 0 Å². The van der Waals surface area contributed by atoms with Gasteiger partial charge < -0.3 is 19.1 Å². The number of rotatable bonds is 8. The molecule has 33 heavy (non-hydrogen) atoms. The predicted molar refractivity (Wildman–Crippen MR) is 131 cm³/mol. The number of thioether (sulfide) groups is 1. The van der Waals surface area contributed by atoms with Crippen LogP contribution in [0.15, 0.2) is 70.3 Å². The van der Waals surface area contributed by atoms with E-state index < -0.39 is 0 Å². The summed E-state index contributed by atoms with van der Waals surface area (Å²) in [6, 6.07) is 12.9. The minimum absolute atomic E-state index is 0.294. The number of allylic oxidation sites excluding steroid dienone is 1. The van der Waals surface area contributed by atoms with Crippen LogP contribution in [0.2, 0.25) is 5.02 Å². The van der Waals surface area contributed by atoms with Crippen LogP contribution in [0.5, 0.6) is 11.5 Å². The Morgan fingerprint density at radius 3 is 2.70 bits per heavy atom. The average molecular weight is 485 g/mol. The second kappa shape index (κ2) is 10.4. The highest BCUT2D eigenvalue weighted by Gasteiger charge is 2.37. The summed E-state index contributed by atoms with van der Waals surface area (Å²) in [5.74, 6) is 0.836. The van der Waals surface area contributed by atoms with Gasteiger partial charge >= 0.3 is 5.97 Å². The third-order valence-corrected chi connectivity index (χ3v) is 6.38. The van der Waals surface area contributed by atoms with Gasteiger partial charge in [-0.1, -0.05) is 47.6 Å². The van der Waals surface area contributed by atoms with Crippen molar-refractivity contribution >= 4 is 34.5 Å². The number of hydrogen-bond acceptors (Lipinski definition) is 7. The summed E-state index contributed by atoms with van der Waals surface area (Å²) >= 11 is 7.79. The number of halogens is 1. The highest BCUT2D eigenvalue weighted by atomic mass is 35.5. The van der Waals surface area contributed by atoms with E-state index in [9.17, 15) is 4.79 Å². The lowest BCUT2D eigenvalue weighted by Gasteiger charge is -2.33. The molecule has 0 saturated carbocycles. The Bertz CT molecular complexity index is 1140. The maximum Gasteiger partial charge on any atom is 0.338 e. The van der Waals surface area contributed by atoms with Gasteiger partial charge in [-0.15, -0.1) is 0 Å². The topological polar surface area (TPSA) is 60.4 Å². The van der Waals surface area contributed by atoms with E-state index in [1.807, 2.05) is 72.8 Å². The van der Waals surface area contributed by atoms with Crippen LogP contribution in [0.25, 0.3) is 0 Å². The van der Waals surface area contributed by atoms with E-state index in [0.717, 1.165) is 16.3 Å². The van der Waals surface area contributed by atoms with Crippen molar-refractivity contribution in [2.45, 2.75) is 33.4 Å². The first-order valence-corrected chi connectivity index (χ1v) is 12.0. The molecule has 1 atom stereocenters. The van der Waals surface area contributed by atoms with E-state index in [2.05, 4.69) is 4.99 Å². The number of benzene rings is 2. The number of ether oxygens (including phenoxy) is 3. The summed E-state index contributed by atoms with van der Waals surface area (Å²) in [7, 11) is 0. The molecule has 0 fully saturated rings. The fraction of sp³-hybridized carbons (Fsp3) is 0.280. The lowest BCUT2D eigenvalue weighted by Crippen LogP contribution is -2.34. The number of aliphatic imine (C=N–C) groups is 1. The van der Waals surface area contributed by atoms with Crippen molar-refractivity contribution < 1.29 is 19.0 Å². The number of esters is 1. The van der Waals surface area contributed by atoms with Gasteiger partial charge in [-0.2, -0.15) is 0 Å². The van der Waals surface area contributed by atoms with Crippen molar-refractivity contribution in [1.82, 2.24) is 4.90 Å². The average Bonchev–Trinajstić information content (AvgIpc) is 3.26. The van der Waals surface area contributed by atoms with E-state index in [1.165, 1.54) is 11.8 Å². The van der Waals surface area contributed by atoms with Gasteiger partial charge in [-0.05, 0) is 49.9 Å². The van der Waals surface area contributed by atoms with Gasteiger partial charge in [0.2, 0.25) is 0 Å². The fourth-order valence-corrected chi connectivity index (χ4v) is 4.73. The first kappa shape index (κ1) is 23.3. The molecule has 0 saturated heterocycles. The fourth-order valence-electron chi connectivity index (χ4n) is 3.75. The molecule has 2 heterocycles. The Balaban J connectivity index is 1.69. The summed E-state index contributed by atoms with van der Waals surface area (Å²) in [6.45, 7) is 6.64. The number of amidine groups is 1. The van der Waals surface area contributed by atoms with Gasteiger partial charge in [0.05, 0.1) is 30.5 Å². The van der Waals surface area contributed by atoms with Crippen LogP contribution in [0.1, 0.15) is 37.9 Å². The summed E-state index contributed by atoms with van der Waals surface area (Å²) < 4.78 is 17.3. The summed E-state index contributed by atoms with van der Waals surface area (Å²) in [4.78, 5) is 19.5. The zero-order chi connectivity index (χ0) is 23.4. The standard InChI is InChI=1S/C25H25ClN2O4S/c1-4-30-21-14-17(10-11-20(21)32-15-18-8-6-7-9-19(18)26)23-22(24(29)31-5-2)16(3)27-25-28(23)12-13-33-25/h6-14,23H,4-5,15H2,1-3H3/t23-/m0/s1. The molecule has 2 aromatic carbocycles. The minimum Gasteiger partial charge on any atom is -0.490 e. The molecular formula is C25H25ClN2O4S. The number of carbonyl (C=O) groups is 1. The van der Waals surface area contributed by atoms with Crippen molar-refractivity contribution in [3.8, 4) is 11.5 Å². The highest BCUT2D eigenvalue weighted by molar-refractivity contribution is 8.16. The molecule has 8 heteroatoms. The summed E-state index contributed by atoms with van der Waals surface area (Å²) in [6.07, 6.45) is 1.93. The van der Waals surface area contributed by atoms with Gasteiger partial charge in [0.15, 0.2) is 16.7 Å². The second-order valence-electron chi connectivity index (χ2n) is 7.35. The van der Waals surface area contributed by atoms with E-state index in [1.54, 1.807) is 6.92 Å². The van der Waals surface area contributed by atoms with E-state index >= 15 is 0 Å². The SMILES string of the molecule is CCOC(=O)C1=C(C)N=C2SC=CN2[C@H]1c1ccc(OCc2ccccc2Cl)c(OCC)c1. The first-order chi connectivity index (χ1) is 16.0. The molecule has 0 N–H and O–H groups in total. The molecule has 2 aliphatic heterocycles. The van der Waals surface area contributed by atoms with Crippen LogP contribution >= 0.6 is 23.4 Å². The lowest BCUT2D eigenvalue weighted by atomic mass is 9.94. The van der Waals surface area contributed by atoms with Crippen LogP contribution in [0.4, 0.5) is 0 Å². The van der Waals surface area contributed by atoms with Gasteiger partial charge in [0.1, 0.15) is 6.61 Å². The van der Waals surface area contributed by atoms with Crippen LogP contribution in [-0.4, -0.2) is 29.3 Å². The van der Waals surface area contributed by atoms with Crippen LogP contribution in [-0.2, 0) is 16.1 Å². The molecule has 0 aliphatic carbocycles. The Morgan fingerprint density at radius 2 is 1.94 bits per heavy atom. The molecule has 0 bridgehead atoms. The third kappa shape index (κ3) is 4.89. The lowest BCUT2D eigenvalue weighted by molar-refractivity contribution is -0.139. The minimum atomic E-state index is -0.375. The Hall–Kier alpha value is -2.90. The van der Waals surface area contributed by atoms with E-state index in [0.29, 0.717) is 47.6 Å². The van der Waals surface area contributed by atoms with Gasteiger partial charge in [-0.25, -0.2) is 9.79 Å². The molecule has 0 spiro atoms. The van der Waals surface area contributed by atoms with E-state index in [-0.39, 0.29) is 12.0 Å². The number of fused-ring (bicyclic) bond motifs is 1. The molecule has 2 aromatic rings. The highest BCUT2D eigenvalue weighted by Crippen LogP contribution is 2.43. The Morgan fingerprint density at radius 1 is 1.12 bits per heavy atom. The molecule has 0 aromatic heterocycles. The quantitative estimate of drug-likeness (QED) is 0.423. The molecule has 172 valence electrons.